The Balaban J connectivity index is 1.73. The van der Waals surface area contributed by atoms with Crippen molar-refractivity contribution < 1.29 is 19.4 Å². The number of fused-ring (bicyclic) bond motifs is 1. The van der Waals surface area contributed by atoms with Gasteiger partial charge in [0.15, 0.2) is 6.10 Å². The third kappa shape index (κ3) is 3.61. The Hall–Kier alpha value is -3.01. The highest BCUT2D eigenvalue weighted by molar-refractivity contribution is 5.83. The highest BCUT2D eigenvalue weighted by atomic mass is 16.5. The van der Waals surface area contributed by atoms with Gasteiger partial charge in [-0.2, -0.15) is 0 Å². The summed E-state index contributed by atoms with van der Waals surface area (Å²) in [5.74, 6) is 0.902. The predicted octanol–water partition coefficient (Wildman–Crippen LogP) is 4.48. The quantitative estimate of drug-likeness (QED) is 0.755. The Morgan fingerprint density at radius 3 is 2.17 bits per heavy atom. The van der Waals surface area contributed by atoms with Gasteiger partial charge < -0.3 is 14.6 Å². The molecule has 1 N–H and O–H groups in total. The molecule has 3 aromatic carbocycles. The first-order valence-electron chi connectivity index (χ1n) is 7.28. The molecule has 0 radical (unpaired) electrons. The minimum atomic E-state index is -0.999. The fraction of sp³-hybridized carbons (Fsp3) is 0.105. The van der Waals surface area contributed by atoms with Crippen LogP contribution < -0.4 is 9.47 Å². The Morgan fingerprint density at radius 2 is 1.48 bits per heavy atom. The molecule has 0 heterocycles. The number of carboxylic acid groups (broad SMARTS) is 1. The fourth-order valence-electron chi connectivity index (χ4n) is 2.21. The molecule has 0 aromatic heterocycles. The lowest BCUT2D eigenvalue weighted by Gasteiger charge is -2.11. The molecule has 0 bridgehead atoms. The van der Waals surface area contributed by atoms with E-state index >= 15 is 0 Å². The van der Waals surface area contributed by atoms with Gasteiger partial charge in [-0.25, -0.2) is 4.79 Å². The van der Waals surface area contributed by atoms with Crippen LogP contribution in [0.4, 0.5) is 0 Å². The molecule has 0 aliphatic heterocycles. The molecule has 4 heteroatoms. The zero-order chi connectivity index (χ0) is 16.2. The van der Waals surface area contributed by atoms with Crippen molar-refractivity contribution in [3.63, 3.8) is 0 Å². The maximum Gasteiger partial charge on any atom is 0.344 e. The minimum Gasteiger partial charge on any atom is -0.479 e. The van der Waals surface area contributed by atoms with Crippen LogP contribution in [-0.2, 0) is 4.79 Å². The van der Waals surface area contributed by atoms with Crippen LogP contribution in [0.15, 0.2) is 66.7 Å². The second-order valence-corrected chi connectivity index (χ2v) is 5.18. The normalized spacial score (nSPS) is 11.9. The number of rotatable bonds is 5. The van der Waals surface area contributed by atoms with Crippen LogP contribution >= 0.6 is 0 Å². The highest BCUT2D eigenvalue weighted by Crippen LogP contribution is 2.27. The van der Waals surface area contributed by atoms with E-state index < -0.39 is 12.1 Å². The molecule has 3 aromatic rings. The number of hydrogen-bond acceptors (Lipinski definition) is 3. The molecule has 1 unspecified atom stereocenters. The summed E-state index contributed by atoms with van der Waals surface area (Å²) in [6.07, 6.45) is -0.887. The van der Waals surface area contributed by atoms with Crippen LogP contribution in [-0.4, -0.2) is 17.2 Å². The number of hydrogen-bond donors (Lipinski definition) is 1. The zero-order valence-electron chi connectivity index (χ0n) is 12.6. The minimum absolute atomic E-state index is 0.491. The number of carboxylic acids is 1. The first-order chi connectivity index (χ1) is 11.1. The van der Waals surface area contributed by atoms with Crippen LogP contribution in [0.1, 0.15) is 6.92 Å². The third-order valence-corrected chi connectivity index (χ3v) is 3.44. The summed E-state index contributed by atoms with van der Waals surface area (Å²) in [5.41, 5.74) is 0. The van der Waals surface area contributed by atoms with Crippen LogP contribution in [0.2, 0.25) is 0 Å². The van der Waals surface area contributed by atoms with E-state index in [0.717, 1.165) is 16.5 Å². The van der Waals surface area contributed by atoms with Gasteiger partial charge in [0.05, 0.1) is 0 Å². The summed E-state index contributed by atoms with van der Waals surface area (Å²) in [6, 6.07) is 20.9. The molecule has 0 amide bonds. The van der Waals surface area contributed by atoms with E-state index in [-0.39, 0.29) is 0 Å². The number of ether oxygens (including phenoxy) is 2. The Morgan fingerprint density at radius 1 is 0.870 bits per heavy atom. The Bertz CT molecular complexity index is 824. The van der Waals surface area contributed by atoms with E-state index in [0.29, 0.717) is 11.5 Å². The van der Waals surface area contributed by atoms with E-state index in [1.165, 1.54) is 6.92 Å². The molecule has 1 atom stereocenters. The summed E-state index contributed by atoms with van der Waals surface area (Å²) in [4.78, 5) is 10.8. The number of carbonyl (C=O) groups is 1. The average molecular weight is 308 g/mol. The molecule has 0 aliphatic carbocycles. The monoisotopic (exact) mass is 308 g/mol. The molecule has 0 aliphatic rings. The Kier molecular flexibility index (Phi) is 4.15. The molecular formula is C19H16O4. The first-order valence-corrected chi connectivity index (χ1v) is 7.28. The van der Waals surface area contributed by atoms with E-state index in [1.54, 1.807) is 24.3 Å². The summed E-state index contributed by atoms with van der Waals surface area (Å²) in [6.45, 7) is 1.49. The van der Waals surface area contributed by atoms with Gasteiger partial charge in [-0.1, -0.05) is 30.3 Å². The SMILES string of the molecule is CC(Oc1ccc(Oc2ccc3ccccc3c2)cc1)C(=O)O. The van der Waals surface area contributed by atoms with E-state index in [2.05, 4.69) is 6.07 Å². The summed E-state index contributed by atoms with van der Waals surface area (Å²) < 4.78 is 11.1. The van der Waals surface area contributed by atoms with Crippen molar-refractivity contribution in [1.29, 1.82) is 0 Å². The summed E-state index contributed by atoms with van der Waals surface area (Å²) >= 11 is 0. The van der Waals surface area contributed by atoms with E-state index in [4.69, 9.17) is 14.6 Å². The van der Waals surface area contributed by atoms with Crippen LogP contribution in [0.3, 0.4) is 0 Å². The maximum atomic E-state index is 10.8. The second kappa shape index (κ2) is 6.40. The van der Waals surface area contributed by atoms with Gasteiger partial charge in [0.2, 0.25) is 0 Å². The molecule has 0 saturated carbocycles. The largest absolute Gasteiger partial charge is 0.479 e. The van der Waals surface area contributed by atoms with Crippen molar-refractivity contribution in [2.24, 2.45) is 0 Å². The topological polar surface area (TPSA) is 55.8 Å². The lowest BCUT2D eigenvalue weighted by molar-refractivity contribution is -0.144. The average Bonchev–Trinajstić information content (AvgIpc) is 2.56. The van der Waals surface area contributed by atoms with E-state index in [1.807, 2.05) is 36.4 Å². The molecule has 0 spiro atoms. The van der Waals surface area contributed by atoms with Crippen molar-refractivity contribution in [3.8, 4) is 17.2 Å². The van der Waals surface area contributed by atoms with Gasteiger partial charge in [0.1, 0.15) is 17.2 Å². The molecule has 0 saturated heterocycles. The Labute approximate surface area is 133 Å². The van der Waals surface area contributed by atoms with Crippen molar-refractivity contribution in [2.45, 2.75) is 13.0 Å². The predicted molar refractivity (Wildman–Crippen MR) is 88.2 cm³/mol. The lowest BCUT2D eigenvalue weighted by atomic mass is 10.1. The molecular weight excluding hydrogens is 292 g/mol. The summed E-state index contributed by atoms with van der Waals surface area (Å²) in [7, 11) is 0. The molecule has 116 valence electrons. The second-order valence-electron chi connectivity index (χ2n) is 5.18. The van der Waals surface area contributed by atoms with Crippen LogP contribution in [0, 0.1) is 0 Å². The summed E-state index contributed by atoms with van der Waals surface area (Å²) in [5, 5.41) is 11.1. The van der Waals surface area contributed by atoms with Crippen LogP contribution in [0.5, 0.6) is 17.2 Å². The third-order valence-electron chi connectivity index (χ3n) is 3.44. The number of benzene rings is 3. The fourth-order valence-corrected chi connectivity index (χ4v) is 2.21. The van der Waals surface area contributed by atoms with Gasteiger partial charge in [0.25, 0.3) is 0 Å². The van der Waals surface area contributed by atoms with Crippen molar-refractivity contribution in [1.82, 2.24) is 0 Å². The zero-order valence-corrected chi connectivity index (χ0v) is 12.6. The molecule has 0 fully saturated rings. The molecule has 3 rings (SSSR count). The maximum absolute atomic E-state index is 10.8. The van der Waals surface area contributed by atoms with Gasteiger partial charge in [-0.05, 0) is 54.1 Å². The van der Waals surface area contributed by atoms with Gasteiger partial charge in [-0.3, -0.25) is 0 Å². The van der Waals surface area contributed by atoms with Crippen molar-refractivity contribution in [2.75, 3.05) is 0 Å². The van der Waals surface area contributed by atoms with Crippen molar-refractivity contribution in [3.05, 3.63) is 66.7 Å². The van der Waals surface area contributed by atoms with Gasteiger partial charge >= 0.3 is 5.97 Å². The van der Waals surface area contributed by atoms with Gasteiger partial charge in [0, 0.05) is 0 Å². The van der Waals surface area contributed by atoms with E-state index in [9.17, 15) is 4.79 Å². The molecule has 23 heavy (non-hydrogen) atoms. The van der Waals surface area contributed by atoms with Crippen molar-refractivity contribution >= 4 is 16.7 Å². The first kappa shape index (κ1) is 14.9. The lowest BCUT2D eigenvalue weighted by Crippen LogP contribution is -2.22. The standard InChI is InChI=1S/C19H16O4/c1-13(19(20)21)22-16-8-10-17(11-9-16)23-18-7-6-14-4-2-3-5-15(14)12-18/h2-13H,1H3,(H,20,21). The smallest absolute Gasteiger partial charge is 0.344 e. The highest BCUT2D eigenvalue weighted by Gasteiger charge is 2.12. The molecule has 4 nitrogen and oxygen atoms in total. The van der Waals surface area contributed by atoms with Gasteiger partial charge in [-0.15, -0.1) is 0 Å². The van der Waals surface area contributed by atoms with Crippen LogP contribution in [0.25, 0.3) is 10.8 Å². The number of aliphatic carboxylic acids is 1.